The molecule has 4 heteroatoms. The highest BCUT2D eigenvalue weighted by molar-refractivity contribution is 5.52. The predicted octanol–water partition coefficient (Wildman–Crippen LogP) is 2.87. The third kappa shape index (κ3) is 3.31. The molecule has 4 nitrogen and oxygen atoms in total. The zero-order chi connectivity index (χ0) is 13.7. The number of benzene rings is 2. The van der Waals surface area contributed by atoms with Crippen LogP contribution in [0.1, 0.15) is 5.56 Å². The van der Waals surface area contributed by atoms with E-state index in [0.717, 1.165) is 11.3 Å². The molecule has 0 spiro atoms. The maximum absolute atomic E-state index is 5.74. The fourth-order valence-corrected chi connectivity index (χ4v) is 1.73. The van der Waals surface area contributed by atoms with Crippen molar-refractivity contribution in [1.29, 1.82) is 0 Å². The van der Waals surface area contributed by atoms with Crippen LogP contribution in [0, 0.1) is 0 Å². The first-order valence-electron chi connectivity index (χ1n) is 5.92. The number of anilines is 1. The molecule has 0 saturated heterocycles. The van der Waals surface area contributed by atoms with Gasteiger partial charge in [-0.1, -0.05) is 12.1 Å². The molecule has 2 N–H and O–H groups in total. The van der Waals surface area contributed by atoms with E-state index in [1.165, 1.54) is 0 Å². The van der Waals surface area contributed by atoms with E-state index in [1.54, 1.807) is 32.4 Å². The number of hydrogen-bond acceptors (Lipinski definition) is 4. The highest BCUT2D eigenvalue weighted by atomic mass is 16.5. The zero-order valence-electron chi connectivity index (χ0n) is 11.1. The van der Waals surface area contributed by atoms with Gasteiger partial charge in [-0.25, -0.2) is 0 Å². The maximum Gasteiger partial charge on any atom is 0.163 e. The molecular formula is C15H17NO3. The topological polar surface area (TPSA) is 53.7 Å². The number of hydrogen-bond donors (Lipinski definition) is 1. The second-order valence-electron chi connectivity index (χ2n) is 4.05. The Kier molecular flexibility index (Phi) is 4.13. The van der Waals surface area contributed by atoms with Crippen LogP contribution in [0.2, 0.25) is 0 Å². The van der Waals surface area contributed by atoms with Crippen molar-refractivity contribution in [2.24, 2.45) is 0 Å². The van der Waals surface area contributed by atoms with Crippen molar-refractivity contribution in [2.45, 2.75) is 6.61 Å². The fraction of sp³-hybridized carbons (Fsp3) is 0.200. The van der Waals surface area contributed by atoms with Gasteiger partial charge in [0.15, 0.2) is 11.5 Å². The van der Waals surface area contributed by atoms with Gasteiger partial charge in [-0.2, -0.15) is 0 Å². The number of rotatable bonds is 5. The minimum atomic E-state index is 0.428. The molecule has 0 heterocycles. The first-order valence-corrected chi connectivity index (χ1v) is 5.92. The molecule has 0 aliphatic heterocycles. The minimum Gasteiger partial charge on any atom is -0.497 e. The molecule has 2 rings (SSSR count). The van der Waals surface area contributed by atoms with Crippen LogP contribution in [0.4, 0.5) is 5.69 Å². The largest absolute Gasteiger partial charge is 0.497 e. The predicted molar refractivity (Wildman–Crippen MR) is 74.7 cm³/mol. The lowest BCUT2D eigenvalue weighted by atomic mass is 10.2. The van der Waals surface area contributed by atoms with Gasteiger partial charge in [-0.15, -0.1) is 0 Å². The van der Waals surface area contributed by atoms with Gasteiger partial charge >= 0.3 is 0 Å². The molecule has 0 aliphatic rings. The summed E-state index contributed by atoms with van der Waals surface area (Å²) in [7, 11) is 3.24. The standard InChI is InChI=1S/C15H17NO3/c1-17-13-5-3-4-11(8-13)10-19-15-9-12(16)6-7-14(15)18-2/h3-9H,10,16H2,1-2H3. The van der Waals surface area contributed by atoms with Gasteiger partial charge in [-0.3, -0.25) is 0 Å². The van der Waals surface area contributed by atoms with Gasteiger partial charge in [0.25, 0.3) is 0 Å². The molecule has 2 aromatic rings. The summed E-state index contributed by atoms with van der Waals surface area (Å²) in [4.78, 5) is 0. The van der Waals surface area contributed by atoms with Gasteiger partial charge in [0, 0.05) is 11.8 Å². The van der Waals surface area contributed by atoms with Crippen LogP contribution < -0.4 is 19.9 Å². The summed E-state index contributed by atoms with van der Waals surface area (Å²) in [6.45, 7) is 0.428. The van der Waals surface area contributed by atoms with E-state index in [1.807, 2.05) is 24.3 Å². The van der Waals surface area contributed by atoms with Crippen LogP contribution in [0.15, 0.2) is 42.5 Å². The Morgan fingerprint density at radius 3 is 2.53 bits per heavy atom. The lowest BCUT2D eigenvalue weighted by molar-refractivity contribution is 0.284. The van der Waals surface area contributed by atoms with Crippen LogP contribution >= 0.6 is 0 Å². The van der Waals surface area contributed by atoms with Crippen LogP contribution in [0.25, 0.3) is 0 Å². The number of ether oxygens (including phenoxy) is 3. The smallest absolute Gasteiger partial charge is 0.163 e. The summed E-state index contributed by atoms with van der Waals surface area (Å²) >= 11 is 0. The molecule has 0 bridgehead atoms. The summed E-state index contributed by atoms with van der Waals surface area (Å²) in [5.41, 5.74) is 7.40. The van der Waals surface area contributed by atoms with Crippen LogP contribution in [-0.4, -0.2) is 14.2 Å². The molecule has 0 radical (unpaired) electrons. The number of methoxy groups -OCH3 is 2. The van der Waals surface area contributed by atoms with Crippen molar-refractivity contribution in [2.75, 3.05) is 20.0 Å². The average molecular weight is 259 g/mol. The van der Waals surface area contributed by atoms with E-state index in [-0.39, 0.29) is 0 Å². The van der Waals surface area contributed by atoms with Crippen LogP contribution in [0.3, 0.4) is 0 Å². The van der Waals surface area contributed by atoms with Crippen molar-refractivity contribution in [3.05, 3.63) is 48.0 Å². The lowest BCUT2D eigenvalue weighted by Gasteiger charge is -2.11. The molecule has 0 atom stereocenters. The van der Waals surface area contributed by atoms with Gasteiger partial charge in [0.2, 0.25) is 0 Å². The van der Waals surface area contributed by atoms with E-state index in [4.69, 9.17) is 19.9 Å². The minimum absolute atomic E-state index is 0.428. The first-order chi connectivity index (χ1) is 9.22. The monoisotopic (exact) mass is 259 g/mol. The summed E-state index contributed by atoms with van der Waals surface area (Å²) < 4.78 is 16.1. The first kappa shape index (κ1) is 13.1. The van der Waals surface area contributed by atoms with Crippen molar-refractivity contribution in [1.82, 2.24) is 0 Å². The highest BCUT2D eigenvalue weighted by Crippen LogP contribution is 2.29. The molecule has 0 fully saturated rings. The van der Waals surface area contributed by atoms with Crippen molar-refractivity contribution in [3.8, 4) is 17.2 Å². The molecular weight excluding hydrogens is 242 g/mol. The SMILES string of the molecule is COc1cccc(COc2cc(N)ccc2OC)c1. The average Bonchev–Trinajstić information content (AvgIpc) is 2.45. The molecule has 0 saturated carbocycles. The molecule has 100 valence electrons. The molecule has 0 amide bonds. The molecule has 0 aromatic heterocycles. The van der Waals surface area contributed by atoms with E-state index < -0.39 is 0 Å². The van der Waals surface area contributed by atoms with E-state index >= 15 is 0 Å². The molecule has 19 heavy (non-hydrogen) atoms. The summed E-state index contributed by atoms with van der Waals surface area (Å²) in [5.74, 6) is 2.10. The van der Waals surface area contributed by atoms with Crippen LogP contribution in [-0.2, 0) is 6.61 Å². The summed E-state index contributed by atoms with van der Waals surface area (Å²) in [6, 6.07) is 13.0. The summed E-state index contributed by atoms with van der Waals surface area (Å²) in [6.07, 6.45) is 0. The van der Waals surface area contributed by atoms with Crippen LogP contribution in [0.5, 0.6) is 17.2 Å². The normalized spacial score (nSPS) is 10.0. The Bertz CT molecular complexity index is 555. The van der Waals surface area contributed by atoms with E-state index in [9.17, 15) is 0 Å². The maximum atomic E-state index is 5.74. The van der Waals surface area contributed by atoms with Crippen molar-refractivity contribution in [3.63, 3.8) is 0 Å². The Morgan fingerprint density at radius 2 is 1.79 bits per heavy atom. The Balaban J connectivity index is 2.11. The number of nitrogens with two attached hydrogens (primary N) is 1. The van der Waals surface area contributed by atoms with Gasteiger partial charge in [-0.05, 0) is 29.8 Å². The van der Waals surface area contributed by atoms with Gasteiger partial charge < -0.3 is 19.9 Å². The molecule has 2 aromatic carbocycles. The van der Waals surface area contributed by atoms with Crippen molar-refractivity contribution < 1.29 is 14.2 Å². The fourth-order valence-electron chi connectivity index (χ4n) is 1.73. The highest BCUT2D eigenvalue weighted by Gasteiger charge is 2.05. The van der Waals surface area contributed by atoms with Gasteiger partial charge in [0.05, 0.1) is 14.2 Å². The third-order valence-corrected chi connectivity index (χ3v) is 2.72. The number of nitrogen functional groups attached to an aromatic ring is 1. The molecule has 0 aliphatic carbocycles. The quantitative estimate of drug-likeness (QED) is 0.839. The Morgan fingerprint density at radius 1 is 0.947 bits per heavy atom. The molecule has 0 unspecified atom stereocenters. The second-order valence-corrected chi connectivity index (χ2v) is 4.05. The zero-order valence-corrected chi connectivity index (χ0v) is 11.1. The lowest BCUT2D eigenvalue weighted by Crippen LogP contribution is -1.99. The van der Waals surface area contributed by atoms with Gasteiger partial charge in [0.1, 0.15) is 12.4 Å². The van der Waals surface area contributed by atoms with E-state index in [0.29, 0.717) is 23.8 Å². The Labute approximate surface area is 112 Å². The second kappa shape index (κ2) is 6.00. The summed E-state index contributed by atoms with van der Waals surface area (Å²) in [5, 5.41) is 0. The van der Waals surface area contributed by atoms with Crippen molar-refractivity contribution >= 4 is 5.69 Å². The Hall–Kier alpha value is -2.36. The van der Waals surface area contributed by atoms with E-state index in [2.05, 4.69) is 0 Å². The third-order valence-electron chi connectivity index (χ3n) is 2.72.